The number of hydrogen-bond donors (Lipinski definition) is 3. The van der Waals surface area contributed by atoms with Crippen molar-refractivity contribution in [3.05, 3.63) is 29.3 Å². The molecule has 3 N–H and O–H groups in total. The zero-order chi connectivity index (χ0) is 17.1. The molecule has 0 spiro atoms. The summed E-state index contributed by atoms with van der Waals surface area (Å²) in [5.74, 6) is -2.12. The number of amides is 1. The molecule has 11 heteroatoms. The van der Waals surface area contributed by atoms with Crippen molar-refractivity contribution < 1.29 is 28.2 Å². The molecule has 1 rings (SSSR count). The summed E-state index contributed by atoms with van der Waals surface area (Å²) in [5.41, 5.74) is -0.575. The molecule has 7 nitrogen and oxygen atoms in total. The molecular weight excluding hydrogens is 514 g/mol. The lowest BCUT2D eigenvalue weighted by atomic mass is 10.1. The number of carbonyl (C=O) groups excluding carboxylic acids is 1. The first-order valence-corrected chi connectivity index (χ1v) is 9.46. The number of halogens is 3. The van der Waals surface area contributed by atoms with E-state index in [0.29, 0.717) is 0 Å². The van der Waals surface area contributed by atoms with Gasteiger partial charge in [0, 0.05) is 12.1 Å². The molecule has 1 aromatic carbocycles. The van der Waals surface area contributed by atoms with E-state index in [4.69, 9.17) is 5.11 Å². The van der Waals surface area contributed by atoms with Crippen LogP contribution in [0.2, 0.25) is 0 Å². The largest absolute Gasteiger partial charge is 0.478 e. The van der Waals surface area contributed by atoms with E-state index in [1.807, 2.05) is 0 Å². The highest BCUT2D eigenvalue weighted by Gasteiger charge is 2.40. The molecule has 0 bridgehead atoms. The Hall–Kier alpha value is -0.490. The Balaban J connectivity index is 3.40. The van der Waals surface area contributed by atoms with Gasteiger partial charge in [-0.05, 0) is 66.0 Å². The summed E-state index contributed by atoms with van der Waals surface area (Å²) in [5, 5.41) is 20.2. The molecule has 0 saturated carbocycles. The van der Waals surface area contributed by atoms with Crippen LogP contribution >= 0.6 is 47.8 Å². The number of carboxylic acid groups (broad SMARTS) is 1. The van der Waals surface area contributed by atoms with Gasteiger partial charge in [0.05, 0.1) is 17.1 Å². The second kappa shape index (κ2) is 7.39. The monoisotopic (exact) mass is 521 g/mol. The molecule has 1 amide bonds. The lowest BCUT2D eigenvalue weighted by Crippen LogP contribution is -2.27. The van der Waals surface area contributed by atoms with E-state index in [9.17, 15) is 23.1 Å². The third kappa shape index (κ3) is 4.28. The molecule has 22 heavy (non-hydrogen) atoms. The fourth-order valence-corrected chi connectivity index (χ4v) is 3.97. The molecule has 1 aromatic rings. The lowest BCUT2D eigenvalue weighted by molar-refractivity contribution is 0.0692. The zero-order valence-electron chi connectivity index (χ0n) is 10.7. The fraction of sp³-hybridized carbons (Fsp3) is 0.273. The van der Waals surface area contributed by atoms with Gasteiger partial charge >= 0.3 is 5.97 Å². The highest BCUT2D eigenvalue weighted by molar-refractivity contribution is 9.42. The number of alkyl halides is 3. The average Bonchev–Trinajstić information content (AvgIpc) is 2.42. The Morgan fingerprint density at radius 1 is 1.23 bits per heavy atom. The van der Waals surface area contributed by atoms with Crippen molar-refractivity contribution in [3.8, 4) is 0 Å². The summed E-state index contributed by atoms with van der Waals surface area (Å²) >= 11 is 8.54. The molecule has 0 aliphatic heterocycles. The van der Waals surface area contributed by atoms with Crippen LogP contribution in [0.3, 0.4) is 0 Å². The molecule has 0 atom stereocenters. The number of benzene rings is 1. The number of rotatable bonds is 5. The second-order valence-electron chi connectivity index (χ2n) is 3.94. The highest BCUT2D eigenvalue weighted by atomic mass is 80.0. The molecule has 0 fully saturated rings. The Morgan fingerprint density at radius 3 is 2.27 bits per heavy atom. The molecule has 0 aliphatic rings. The molecule has 0 heterocycles. The number of aliphatic hydroxyl groups excluding tert-OH is 1. The molecule has 0 radical (unpaired) electrons. The maximum Gasteiger partial charge on any atom is 0.337 e. The number of sulfone groups is 1. The number of aliphatic hydroxyl groups is 1. The van der Waals surface area contributed by atoms with E-state index in [1.165, 1.54) is 6.07 Å². The zero-order valence-corrected chi connectivity index (χ0v) is 16.3. The van der Waals surface area contributed by atoms with Gasteiger partial charge in [0.1, 0.15) is 0 Å². The first-order valence-electron chi connectivity index (χ1n) is 5.60. The van der Waals surface area contributed by atoms with Crippen LogP contribution in [0.1, 0.15) is 20.7 Å². The van der Waals surface area contributed by atoms with Crippen LogP contribution in [0.5, 0.6) is 0 Å². The van der Waals surface area contributed by atoms with Crippen molar-refractivity contribution in [3.63, 3.8) is 0 Å². The summed E-state index contributed by atoms with van der Waals surface area (Å²) in [6, 6.07) is 3.18. The predicted octanol–water partition coefficient (Wildman–Crippen LogP) is 1.68. The summed E-state index contributed by atoms with van der Waals surface area (Å²) < 4.78 is 22.9. The van der Waals surface area contributed by atoms with Crippen LogP contribution in [0.15, 0.2) is 23.1 Å². The van der Waals surface area contributed by atoms with Crippen molar-refractivity contribution in [1.29, 1.82) is 0 Å². The third-order valence-electron chi connectivity index (χ3n) is 2.46. The van der Waals surface area contributed by atoms with Gasteiger partial charge in [-0.3, -0.25) is 4.79 Å². The summed E-state index contributed by atoms with van der Waals surface area (Å²) in [6.45, 7) is -0.280. The van der Waals surface area contributed by atoms with Crippen molar-refractivity contribution in [2.24, 2.45) is 0 Å². The normalized spacial score (nSPS) is 12.0. The van der Waals surface area contributed by atoms with Gasteiger partial charge in [0.2, 0.25) is 11.3 Å². The van der Waals surface area contributed by atoms with Crippen molar-refractivity contribution in [1.82, 2.24) is 5.32 Å². The minimum Gasteiger partial charge on any atom is -0.478 e. The number of nitrogens with one attached hydrogen (secondary N) is 1. The minimum absolute atomic E-state index is 0.00536. The van der Waals surface area contributed by atoms with Crippen molar-refractivity contribution in [2.45, 2.75) is 6.37 Å². The molecule has 0 saturated heterocycles. The first kappa shape index (κ1) is 19.6. The molecule has 0 unspecified atom stereocenters. The number of carbonyl (C=O) groups is 2. The van der Waals surface area contributed by atoms with Gasteiger partial charge in [-0.15, -0.1) is 0 Å². The Bertz CT molecular complexity index is 698. The van der Waals surface area contributed by atoms with Gasteiger partial charge in [-0.1, -0.05) is 0 Å². The Morgan fingerprint density at radius 2 is 1.82 bits per heavy atom. The maximum atomic E-state index is 12.3. The smallest absolute Gasteiger partial charge is 0.337 e. The van der Waals surface area contributed by atoms with Gasteiger partial charge in [0.25, 0.3) is 5.91 Å². The van der Waals surface area contributed by atoms with Crippen LogP contribution < -0.4 is 5.32 Å². The fourth-order valence-electron chi connectivity index (χ4n) is 1.47. The topological polar surface area (TPSA) is 121 Å². The Kier molecular flexibility index (Phi) is 6.57. The summed E-state index contributed by atoms with van der Waals surface area (Å²) in [4.78, 5) is 22.6. The van der Waals surface area contributed by atoms with Crippen LogP contribution in [-0.4, -0.2) is 45.1 Å². The standard InChI is InChI=1S/C11H10Br3NO6S/c12-11(13,14)22(20,21)8-2-1-6(5-7(8)10(18)19)9(17)15-3-4-16/h1-2,5,16H,3-4H2,(H,15,17)(H,18,19). The number of aromatic carboxylic acids is 1. The van der Waals surface area contributed by atoms with Crippen molar-refractivity contribution >= 4 is 69.5 Å². The lowest BCUT2D eigenvalue weighted by Gasteiger charge is -2.16. The van der Waals surface area contributed by atoms with E-state index >= 15 is 0 Å². The quantitative estimate of drug-likeness (QED) is 0.505. The molecular formula is C11H10Br3NO6S. The number of carboxylic acids is 1. The summed E-state index contributed by atoms with van der Waals surface area (Å²) in [7, 11) is -4.11. The SMILES string of the molecule is O=C(NCCO)c1ccc(S(=O)(=O)C(Br)(Br)Br)c(C(=O)O)c1. The first-order chi connectivity index (χ1) is 10.0. The maximum absolute atomic E-state index is 12.3. The van der Waals surface area contributed by atoms with Crippen LogP contribution in [0, 0.1) is 0 Å². The van der Waals surface area contributed by atoms with Crippen LogP contribution in [0.25, 0.3) is 0 Å². The van der Waals surface area contributed by atoms with E-state index in [-0.39, 0.29) is 18.7 Å². The number of hydrogen-bond acceptors (Lipinski definition) is 5. The van der Waals surface area contributed by atoms with Gasteiger partial charge < -0.3 is 15.5 Å². The molecule has 122 valence electrons. The van der Waals surface area contributed by atoms with E-state index in [1.54, 1.807) is 0 Å². The molecule has 0 aliphatic carbocycles. The second-order valence-corrected chi connectivity index (χ2v) is 14.3. The minimum atomic E-state index is -4.11. The average molecular weight is 524 g/mol. The summed E-state index contributed by atoms with van der Waals surface area (Å²) in [6.07, 6.45) is 0. The van der Waals surface area contributed by atoms with Gasteiger partial charge in [0.15, 0.2) is 0 Å². The highest BCUT2D eigenvalue weighted by Crippen LogP contribution is 2.44. The van der Waals surface area contributed by atoms with Crippen LogP contribution in [0.4, 0.5) is 0 Å². The van der Waals surface area contributed by atoms with Crippen molar-refractivity contribution in [2.75, 3.05) is 13.2 Å². The van der Waals surface area contributed by atoms with E-state index in [2.05, 4.69) is 53.1 Å². The van der Waals surface area contributed by atoms with Gasteiger partial charge in [-0.25, -0.2) is 13.2 Å². The molecule has 0 aromatic heterocycles. The van der Waals surface area contributed by atoms with Crippen LogP contribution in [-0.2, 0) is 9.84 Å². The van der Waals surface area contributed by atoms with E-state index < -0.39 is 33.6 Å². The third-order valence-corrected chi connectivity index (χ3v) is 7.84. The Labute approximate surface area is 151 Å². The van der Waals surface area contributed by atoms with Gasteiger partial charge in [-0.2, -0.15) is 0 Å². The van der Waals surface area contributed by atoms with E-state index in [0.717, 1.165) is 12.1 Å². The predicted molar refractivity (Wildman–Crippen MR) is 89.5 cm³/mol.